The molecule has 2 atom stereocenters. The SMILES string of the molecule is COc1ccc(OC)c(N2C(=S)N[C@@H](c3ccccn3)[C@H]2c2cccn2-c2cccc(Br)c2)c1. The fourth-order valence-corrected chi connectivity index (χ4v) is 5.12. The Balaban J connectivity index is 1.71. The van der Waals surface area contributed by atoms with Crippen molar-refractivity contribution in [2.24, 2.45) is 0 Å². The molecule has 1 N–H and O–H groups in total. The van der Waals surface area contributed by atoms with Gasteiger partial charge >= 0.3 is 0 Å². The zero-order valence-electron chi connectivity index (χ0n) is 18.7. The maximum absolute atomic E-state index is 5.89. The summed E-state index contributed by atoms with van der Waals surface area (Å²) < 4.78 is 14.4. The van der Waals surface area contributed by atoms with Gasteiger partial charge in [-0.2, -0.15) is 0 Å². The van der Waals surface area contributed by atoms with Crippen LogP contribution in [0, 0.1) is 0 Å². The second-order valence-electron chi connectivity index (χ2n) is 7.82. The van der Waals surface area contributed by atoms with Gasteiger partial charge in [0.15, 0.2) is 5.11 Å². The number of hydrogen-bond donors (Lipinski definition) is 1. The highest BCUT2D eigenvalue weighted by Gasteiger charge is 2.43. The first kappa shape index (κ1) is 22.4. The van der Waals surface area contributed by atoms with Crippen molar-refractivity contribution in [3.8, 4) is 17.2 Å². The zero-order chi connectivity index (χ0) is 23.7. The van der Waals surface area contributed by atoms with Gasteiger partial charge in [0.05, 0.1) is 31.6 Å². The monoisotopic (exact) mass is 534 g/mol. The molecule has 0 spiro atoms. The standard InChI is InChI=1S/C26H23BrN4O2S/c1-32-19-11-12-23(33-2)22(16-19)31-25(24(29-26(31)34)20-9-3-4-13-28-20)21-10-6-14-30(21)18-8-5-7-17(27)15-18/h3-16,24-25H,1-2H3,(H,29,34)/t24-,25+/m0/s1. The van der Waals surface area contributed by atoms with Gasteiger partial charge in [-0.25, -0.2) is 0 Å². The number of halogens is 1. The van der Waals surface area contributed by atoms with Crippen molar-refractivity contribution in [3.05, 3.63) is 101 Å². The van der Waals surface area contributed by atoms with E-state index in [4.69, 9.17) is 21.7 Å². The Morgan fingerprint density at radius 3 is 2.59 bits per heavy atom. The number of rotatable bonds is 6. The third-order valence-corrected chi connectivity index (χ3v) is 6.72. The van der Waals surface area contributed by atoms with Gasteiger partial charge in [0.25, 0.3) is 0 Å². The van der Waals surface area contributed by atoms with E-state index in [0.717, 1.165) is 33.0 Å². The summed E-state index contributed by atoms with van der Waals surface area (Å²) in [6.07, 6.45) is 3.87. The topological polar surface area (TPSA) is 51.6 Å². The third-order valence-electron chi connectivity index (χ3n) is 5.91. The number of benzene rings is 2. The molecule has 2 aromatic carbocycles. The van der Waals surface area contributed by atoms with Crippen LogP contribution in [0.15, 0.2) is 89.7 Å². The molecule has 1 fully saturated rings. The number of nitrogens with one attached hydrogen (secondary N) is 1. The van der Waals surface area contributed by atoms with Gasteiger partial charge in [-0.3, -0.25) is 4.98 Å². The van der Waals surface area contributed by atoms with Crippen molar-refractivity contribution in [3.63, 3.8) is 0 Å². The molecule has 0 saturated carbocycles. The smallest absolute Gasteiger partial charge is 0.174 e. The number of methoxy groups -OCH3 is 2. The second kappa shape index (κ2) is 9.48. The Bertz CT molecular complexity index is 1330. The number of pyridine rings is 1. The number of nitrogens with zero attached hydrogens (tertiary/aromatic N) is 3. The van der Waals surface area contributed by atoms with Gasteiger partial charge in [-0.15, -0.1) is 0 Å². The van der Waals surface area contributed by atoms with Crippen molar-refractivity contribution in [2.45, 2.75) is 12.1 Å². The van der Waals surface area contributed by atoms with Crippen LogP contribution in [0.5, 0.6) is 11.5 Å². The molecule has 3 heterocycles. The summed E-state index contributed by atoms with van der Waals surface area (Å²) in [6, 6.07) is 23.7. The number of hydrogen-bond acceptors (Lipinski definition) is 4. The van der Waals surface area contributed by atoms with Crippen molar-refractivity contribution < 1.29 is 9.47 Å². The lowest BCUT2D eigenvalue weighted by atomic mass is 10.0. The molecule has 1 saturated heterocycles. The van der Waals surface area contributed by atoms with E-state index in [-0.39, 0.29) is 12.1 Å². The van der Waals surface area contributed by atoms with Gasteiger partial charge in [-0.1, -0.05) is 28.1 Å². The lowest BCUT2D eigenvalue weighted by Crippen LogP contribution is -2.30. The molecule has 0 aliphatic carbocycles. The predicted octanol–water partition coefficient (Wildman–Crippen LogP) is 5.83. The lowest BCUT2D eigenvalue weighted by Gasteiger charge is -2.30. The maximum atomic E-state index is 5.89. The van der Waals surface area contributed by atoms with E-state index in [1.807, 2.05) is 54.6 Å². The molecule has 1 aliphatic rings. The van der Waals surface area contributed by atoms with E-state index in [2.05, 4.69) is 60.1 Å². The van der Waals surface area contributed by atoms with E-state index in [1.54, 1.807) is 20.4 Å². The normalized spacial score (nSPS) is 17.5. The minimum atomic E-state index is -0.197. The molecule has 4 aromatic rings. The average Bonchev–Trinajstić information content (AvgIpc) is 3.48. The predicted molar refractivity (Wildman–Crippen MR) is 141 cm³/mol. The molecule has 2 aromatic heterocycles. The summed E-state index contributed by atoms with van der Waals surface area (Å²) in [4.78, 5) is 6.75. The molecule has 1 aliphatic heterocycles. The molecular formula is C26H23BrN4O2S. The molecule has 5 rings (SSSR count). The van der Waals surface area contributed by atoms with Gasteiger partial charge in [0, 0.05) is 34.3 Å². The second-order valence-corrected chi connectivity index (χ2v) is 9.12. The Kier molecular flexibility index (Phi) is 6.26. The van der Waals surface area contributed by atoms with Gasteiger partial charge in [0.2, 0.25) is 0 Å². The highest BCUT2D eigenvalue weighted by molar-refractivity contribution is 9.10. The molecule has 6 nitrogen and oxygen atoms in total. The van der Waals surface area contributed by atoms with E-state index >= 15 is 0 Å². The summed E-state index contributed by atoms with van der Waals surface area (Å²) in [6.45, 7) is 0. The summed E-state index contributed by atoms with van der Waals surface area (Å²) in [7, 11) is 3.31. The Labute approximate surface area is 212 Å². The van der Waals surface area contributed by atoms with Gasteiger partial charge < -0.3 is 24.3 Å². The fourth-order valence-electron chi connectivity index (χ4n) is 4.40. The van der Waals surface area contributed by atoms with Crippen LogP contribution in [0.4, 0.5) is 5.69 Å². The molecule has 0 unspecified atom stereocenters. The van der Waals surface area contributed by atoms with Crippen LogP contribution in [-0.4, -0.2) is 28.9 Å². The largest absolute Gasteiger partial charge is 0.497 e. The van der Waals surface area contributed by atoms with E-state index in [9.17, 15) is 0 Å². The van der Waals surface area contributed by atoms with Crippen LogP contribution in [0.3, 0.4) is 0 Å². The number of thiocarbonyl (C=S) groups is 1. The highest BCUT2D eigenvalue weighted by atomic mass is 79.9. The zero-order valence-corrected chi connectivity index (χ0v) is 21.1. The summed E-state index contributed by atoms with van der Waals surface area (Å²) >= 11 is 9.49. The minimum Gasteiger partial charge on any atom is -0.497 e. The average molecular weight is 535 g/mol. The quantitative estimate of drug-likeness (QED) is 0.314. The first-order valence-corrected chi connectivity index (χ1v) is 12.0. The van der Waals surface area contributed by atoms with E-state index in [1.165, 1.54) is 0 Å². The molecular weight excluding hydrogens is 512 g/mol. The Morgan fingerprint density at radius 1 is 0.971 bits per heavy atom. The van der Waals surface area contributed by atoms with Crippen LogP contribution in [0.25, 0.3) is 5.69 Å². The van der Waals surface area contributed by atoms with Gasteiger partial charge in [0.1, 0.15) is 17.5 Å². The molecule has 172 valence electrons. The Morgan fingerprint density at radius 2 is 1.85 bits per heavy atom. The first-order chi connectivity index (χ1) is 16.6. The minimum absolute atomic E-state index is 0.176. The highest BCUT2D eigenvalue weighted by Crippen LogP contribution is 2.46. The molecule has 0 bridgehead atoms. The van der Waals surface area contributed by atoms with Crippen LogP contribution in [0.1, 0.15) is 23.5 Å². The Hall–Kier alpha value is -3.36. The van der Waals surface area contributed by atoms with Crippen molar-refractivity contribution in [2.75, 3.05) is 19.1 Å². The molecule has 0 amide bonds. The van der Waals surface area contributed by atoms with E-state index in [0.29, 0.717) is 10.9 Å². The maximum Gasteiger partial charge on any atom is 0.174 e. The van der Waals surface area contributed by atoms with Crippen LogP contribution < -0.4 is 19.7 Å². The lowest BCUT2D eigenvalue weighted by molar-refractivity contribution is 0.402. The van der Waals surface area contributed by atoms with Crippen molar-refractivity contribution in [1.29, 1.82) is 0 Å². The number of aromatic nitrogens is 2. The first-order valence-electron chi connectivity index (χ1n) is 10.8. The number of anilines is 1. The third kappa shape index (κ3) is 4.03. The van der Waals surface area contributed by atoms with Crippen LogP contribution in [-0.2, 0) is 0 Å². The molecule has 34 heavy (non-hydrogen) atoms. The number of ether oxygens (including phenoxy) is 2. The summed E-state index contributed by atoms with van der Waals surface area (Å²) in [5.74, 6) is 1.43. The van der Waals surface area contributed by atoms with Gasteiger partial charge in [-0.05, 0) is 66.8 Å². The summed E-state index contributed by atoms with van der Waals surface area (Å²) in [5.41, 5.74) is 3.83. The van der Waals surface area contributed by atoms with Crippen LogP contribution in [0.2, 0.25) is 0 Å². The molecule has 8 heteroatoms. The van der Waals surface area contributed by atoms with E-state index < -0.39 is 0 Å². The van der Waals surface area contributed by atoms with Crippen LogP contribution >= 0.6 is 28.1 Å². The fraction of sp³-hybridized carbons (Fsp3) is 0.154. The van der Waals surface area contributed by atoms with Crippen molar-refractivity contribution in [1.82, 2.24) is 14.9 Å². The van der Waals surface area contributed by atoms with Crippen molar-refractivity contribution >= 4 is 38.9 Å². The summed E-state index contributed by atoms with van der Waals surface area (Å²) in [5, 5.41) is 4.10. The molecule has 0 radical (unpaired) electrons.